The van der Waals surface area contributed by atoms with Gasteiger partial charge in [-0.2, -0.15) is 4.80 Å². The number of halogens is 1. The second-order valence-corrected chi connectivity index (χ2v) is 5.19. The van der Waals surface area contributed by atoms with E-state index in [1.807, 2.05) is 30.3 Å². The van der Waals surface area contributed by atoms with Crippen LogP contribution in [0.4, 0.5) is 0 Å². The van der Waals surface area contributed by atoms with E-state index in [0.29, 0.717) is 10.8 Å². The number of benzene rings is 2. The third kappa shape index (κ3) is 3.47. The summed E-state index contributed by atoms with van der Waals surface area (Å²) in [5.41, 5.74) is 2.14. The smallest absolute Gasteiger partial charge is 0.164 e. The predicted octanol–water partition coefficient (Wildman–Crippen LogP) is 3.63. The Bertz CT molecular complexity index is 709. The zero-order valence-corrected chi connectivity index (χ0v) is 12.2. The summed E-state index contributed by atoms with van der Waals surface area (Å²) in [7, 11) is 0. The first-order chi connectivity index (χ1) is 10.3. The Hall–Kier alpha value is -2.20. The van der Waals surface area contributed by atoms with Gasteiger partial charge in [-0.15, -0.1) is 10.2 Å². The minimum Gasteiger partial charge on any atom is -0.164 e. The first kappa shape index (κ1) is 13.8. The molecular formula is C16H15ClN4. The number of nitrogens with zero attached hydrogens (tertiary/aromatic N) is 4. The van der Waals surface area contributed by atoms with Gasteiger partial charge in [0, 0.05) is 5.56 Å². The van der Waals surface area contributed by atoms with Gasteiger partial charge in [-0.3, -0.25) is 0 Å². The molecule has 0 N–H and O–H groups in total. The first-order valence-electron chi connectivity index (χ1n) is 6.89. The Kier molecular flexibility index (Phi) is 4.26. The highest BCUT2D eigenvalue weighted by Crippen LogP contribution is 2.23. The van der Waals surface area contributed by atoms with Crippen molar-refractivity contribution in [3.05, 3.63) is 65.2 Å². The van der Waals surface area contributed by atoms with Crippen molar-refractivity contribution in [1.82, 2.24) is 20.2 Å². The molecule has 106 valence electrons. The summed E-state index contributed by atoms with van der Waals surface area (Å²) in [6.07, 6.45) is 1.98. The van der Waals surface area contributed by atoms with E-state index in [4.69, 9.17) is 11.6 Å². The van der Waals surface area contributed by atoms with Crippen molar-refractivity contribution in [3.8, 4) is 11.4 Å². The van der Waals surface area contributed by atoms with Crippen molar-refractivity contribution in [2.45, 2.75) is 19.4 Å². The fourth-order valence-corrected chi connectivity index (χ4v) is 2.38. The van der Waals surface area contributed by atoms with Gasteiger partial charge in [-0.25, -0.2) is 0 Å². The van der Waals surface area contributed by atoms with Crippen LogP contribution in [-0.2, 0) is 13.0 Å². The molecule has 0 amide bonds. The average Bonchev–Trinajstić information content (AvgIpc) is 2.97. The standard InChI is InChI=1S/C16H15ClN4/c17-15-11-5-4-10-14(15)16-18-20-21(19-16)12-6-9-13-7-2-1-3-8-13/h1-5,7-8,10-11H,6,9,12H2. The van der Waals surface area contributed by atoms with E-state index >= 15 is 0 Å². The Balaban J connectivity index is 1.62. The molecule has 0 aliphatic heterocycles. The van der Waals surface area contributed by atoms with Crippen molar-refractivity contribution in [1.29, 1.82) is 0 Å². The molecule has 4 nitrogen and oxygen atoms in total. The quantitative estimate of drug-likeness (QED) is 0.722. The lowest BCUT2D eigenvalue weighted by molar-refractivity contribution is 0.500. The van der Waals surface area contributed by atoms with Crippen molar-refractivity contribution >= 4 is 11.6 Å². The Morgan fingerprint density at radius 2 is 1.71 bits per heavy atom. The van der Waals surface area contributed by atoms with E-state index in [-0.39, 0.29) is 0 Å². The number of hydrogen-bond acceptors (Lipinski definition) is 3. The Morgan fingerprint density at radius 3 is 2.52 bits per heavy atom. The summed E-state index contributed by atoms with van der Waals surface area (Å²) in [6, 6.07) is 17.9. The molecule has 21 heavy (non-hydrogen) atoms. The fourth-order valence-electron chi connectivity index (χ4n) is 2.16. The van der Waals surface area contributed by atoms with Crippen molar-refractivity contribution in [2.75, 3.05) is 0 Å². The number of tetrazole rings is 1. The van der Waals surface area contributed by atoms with Crippen LogP contribution in [0.3, 0.4) is 0 Å². The molecular weight excluding hydrogens is 284 g/mol. The monoisotopic (exact) mass is 298 g/mol. The van der Waals surface area contributed by atoms with Crippen molar-refractivity contribution < 1.29 is 0 Å². The molecule has 0 aliphatic rings. The Morgan fingerprint density at radius 1 is 0.952 bits per heavy atom. The second kappa shape index (κ2) is 6.50. The maximum atomic E-state index is 6.14. The Labute approximate surface area is 128 Å². The van der Waals surface area contributed by atoms with E-state index in [9.17, 15) is 0 Å². The molecule has 0 saturated heterocycles. The van der Waals surface area contributed by atoms with Crippen LogP contribution in [0.15, 0.2) is 54.6 Å². The van der Waals surface area contributed by atoms with E-state index in [1.54, 1.807) is 4.80 Å². The number of aromatic nitrogens is 4. The number of aryl methyl sites for hydroxylation is 2. The van der Waals surface area contributed by atoms with Crippen LogP contribution in [0.2, 0.25) is 5.02 Å². The summed E-state index contributed by atoms with van der Waals surface area (Å²) in [6.45, 7) is 0.742. The van der Waals surface area contributed by atoms with Crippen molar-refractivity contribution in [3.63, 3.8) is 0 Å². The maximum Gasteiger partial charge on any atom is 0.206 e. The van der Waals surface area contributed by atoms with Crippen LogP contribution >= 0.6 is 11.6 Å². The lowest BCUT2D eigenvalue weighted by Gasteiger charge is -2.00. The molecule has 0 fully saturated rings. The van der Waals surface area contributed by atoms with Gasteiger partial charge in [0.05, 0.1) is 11.6 Å². The molecule has 0 unspecified atom stereocenters. The summed E-state index contributed by atoms with van der Waals surface area (Å²) >= 11 is 6.14. The molecule has 0 atom stereocenters. The van der Waals surface area contributed by atoms with Gasteiger partial charge in [0.15, 0.2) is 0 Å². The minimum absolute atomic E-state index is 0.570. The molecule has 0 aliphatic carbocycles. The highest BCUT2D eigenvalue weighted by Gasteiger charge is 2.08. The van der Waals surface area contributed by atoms with Crippen LogP contribution < -0.4 is 0 Å². The summed E-state index contributed by atoms with van der Waals surface area (Å²) in [4.78, 5) is 1.63. The maximum absolute atomic E-state index is 6.14. The van der Waals surface area contributed by atoms with E-state index in [0.717, 1.165) is 24.9 Å². The first-order valence-corrected chi connectivity index (χ1v) is 7.27. The number of rotatable bonds is 5. The van der Waals surface area contributed by atoms with Crippen LogP contribution in [0.25, 0.3) is 11.4 Å². The number of hydrogen-bond donors (Lipinski definition) is 0. The molecule has 0 saturated carbocycles. The summed E-state index contributed by atoms with van der Waals surface area (Å²) in [5, 5.41) is 13.2. The molecule has 5 heteroatoms. The van der Waals surface area contributed by atoms with Crippen molar-refractivity contribution in [2.24, 2.45) is 0 Å². The molecule has 0 radical (unpaired) electrons. The molecule has 2 aromatic carbocycles. The van der Waals surface area contributed by atoms with Gasteiger partial charge in [0.25, 0.3) is 0 Å². The molecule has 0 spiro atoms. The third-order valence-electron chi connectivity index (χ3n) is 3.23. The van der Waals surface area contributed by atoms with Gasteiger partial charge < -0.3 is 0 Å². The predicted molar refractivity (Wildman–Crippen MR) is 83.0 cm³/mol. The molecule has 3 rings (SSSR count). The molecule has 1 heterocycles. The van der Waals surface area contributed by atoms with E-state index in [2.05, 4.69) is 39.7 Å². The van der Waals surface area contributed by atoms with Gasteiger partial charge >= 0.3 is 0 Å². The SMILES string of the molecule is Clc1ccccc1-c1nnn(CCCc2ccccc2)n1. The topological polar surface area (TPSA) is 43.6 Å². The highest BCUT2D eigenvalue weighted by molar-refractivity contribution is 6.33. The normalized spacial score (nSPS) is 10.7. The minimum atomic E-state index is 0.570. The molecule has 1 aromatic heterocycles. The summed E-state index contributed by atoms with van der Waals surface area (Å²) < 4.78 is 0. The van der Waals surface area contributed by atoms with Crippen LogP contribution in [0.5, 0.6) is 0 Å². The van der Waals surface area contributed by atoms with Crippen LogP contribution in [-0.4, -0.2) is 20.2 Å². The van der Waals surface area contributed by atoms with Crippen LogP contribution in [0.1, 0.15) is 12.0 Å². The van der Waals surface area contributed by atoms with Gasteiger partial charge in [0.1, 0.15) is 0 Å². The third-order valence-corrected chi connectivity index (χ3v) is 3.56. The van der Waals surface area contributed by atoms with Crippen LogP contribution in [0, 0.1) is 0 Å². The second-order valence-electron chi connectivity index (χ2n) is 4.78. The molecule has 3 aromatic rings. The molecule has 0 bridgehead atoms. The van der Waals surface area contributed by atoms with E-state index in [1.165, 1.54) is 5.56 Å². The lowest BCUT2D eigenvalue weighted by Crippen LogP contribution is -2.03. The fraction of sp³-hybridized carbons (Fsp3) is 0.188. The van der Waals surface area contributed by atoms with E-state index < -0.39 is 0 Å². The lowest BCUT2D eigenvalue weighted by atomic mass is 10.1. The zero-order chi connectivity index (χ0) is 14.5. The zero-order valence-electron chi connectivity index (χ0n) is 11.5. The van der Waals surface area contributed by atoms with Gasteiger partial charge in [-0.05, 0) is 35.8 Å². The van der Waals surface area contributed by atoms with Gasteiger partial charge in [0.2, 0.25) is 5.82 Å². The van der Waals surface area contributed by atoms with Gasteiger partial charge in [-0.1, -0.05) is 54.1 Å². The largest absolute Gasteiger partial charge is 0.206 e. The average molecular weight is 299 g/mol. The highest BCUT2D eigenvalue weighted by atomic mass is 35.5. The summed E-state index contributed by atoms with van der Waals surface area (Å²) in [5.74, 6) is 0.570.